The number of nitrogens with one attached hydrogen (secondary N) is 4. The number of para-hydroxylation sites is 2. The number of anilines is 2. The molecule has 2 heterocycles. The molecule has 0 amide bonds. The Kier molecular flexibility index (Phi) is 5.83. The van der Waals surface area contributed by atoms with Crippen LogP contribution in [-0.4, -0.2) is 29.6 Å². The minimum absolute atomic E-state index is 0.437. The molecule has 1 aromatic heterocycles. The largest absolute Gasteiger partial charge is 0.384 e. The van der Waals surface area contributed by atoms with E-state index in [0.717, 1.165) is 55.9 Å². The SMILES string of the molecule is CCc1cc(I)c2c(c1)[C@H](NCCCNc1nc3ccccc3[nH]1)CCN2. The highest BCUT2D eigenvalue weighted by atomic mass is 127. The zero-order chi connectivity index (χ0) is 18.6. The summed E-state index contributed by atoms with van der Waals surface area (Å²) in [7, 11) is 0. The van der Waals surface area contributed by atoms with Gasteiger partial charge in [-0.1, -0.05) is 25.1 Å². The van der Waals surface area contributed by atoms with Crippen molar-refractivity contribution >= 4 is 45.3 Å². The Bertz CT molecular complexity index is 887. The van der Waals surface area contributed by atoms with E-state index in [0.29, 0.717) is 6.04 Å². The van der Waals surface area contributed by atoms with Crippen LogP contribution >= 0.6 is 22.6 Å². The number of aromatic nitrogens is 2. The van der Waals surface area contributed by atoms with E-state index in [-0.39, 0.29) is 0 Å². The molecule has 6 heteroatoms. The molecule has 0 fully saturated rings. The fourth-order valence-corrected chi connectivity index (χ4v) is 4.57. The molecule has 2 aromatic carbocycles. The molecule has 3 aromatic rings. The third-order valence-corrected chi connectivity index (χ3v) is 5.98. The second-order valence-corrected chi connectivity index (χ2v) is 8.16. The highest BCUT2D eigenvalue weighted by Gasteiger charge is 2.21. The van der Waals surface area contributed by atoms with Gasteiger partial charge in [-0.2, -0.15) is 0 Å². The van der Waals surface area contributed by atoms with Crippen LogP contribution in [0.15, 0.2) is 36.4 Å². The van der Waals surface area contributed by atoms with Crippen LogP contribution in [0.5, 0.6) is 0 Å². The van der Waals surface area contributed by atoms with Gasteiger partial charge < -0.3 is 20.9 Å². The zero-order valence-corrected chi connectivity index (χ0v) is 17.8. The minimum Gasteiger partial charge on any atom is -0.384 e. The number of fused-ring (bicyclic) bond motifs is 2. The average molecular weight is 475 g/mol. The van der Waals surface area contributed by atoms with Gasteiger partial charge in [0.25, 0.3) is 0 Å². The van der Waals surface area contributed by atoms with E-state index in [4.69, 9.17) is 0 Å². The van der Waals surface area contributed by atoms with Crippen LogP contribution < -0.4 is 16.0 Å². The van der Waals surface area contributed by atoms with Gasteiger partial charge in [0.15, 0.2) is 0 Å². The molecule has 142 valence electrons. The van der Waals surface area contributed by atoms with Crippen LogP contribution in [0.2, 0.25) is 0 Å². The van der Waals surface area contributed by atoms with Crippen LogP contribution in [0, 0.1) is 3.57 Å². The number of rotatable bonds is 7. The number of H-pyrrole nitrogens is 1. The topological polar surface area (TPSA) is 64.8 Å². The summed E-state index contributed by atoms with van der Waals surface area (Å²) in [6.07, 6.45) is 3.27. The number of hydrogen-bond acceptors (Lipinski definition) is 4. The van der Waals surface area contributed by atoms with Gasteiger partial charge >= 0.3 is 0 Å². The average Bonchev–Trinajstić information content (AvgIpc) is 3.10. The number of aromatic amines is 1. The van der Waals surface area contributed by atoms with Gasteiger partial charge in [-0.25, -0.2) is 4.98 Å². The van der Waals surface area contributed by atoms with Crippen LogP contribution in [-0.2, 0) is 6.42 Å². The van der Waals surface area contributed by atoms with E-state index in [1.807, 2.05) is 18.2 Å². The molecule has 5 nitrogen and oxygen atoms in total. The van der Waals surface area contributed by atoms with Gasteiger partial charge in [0.2, 0.25) is 5.95 Å². The highest BCUT2D eigenvalue weighted by molar-refractivity contribution is 14.1. The maximum atomic E-state index is 4.56. The molecule has 0 aliphatic carbocycles. The number of imidazole rings is 1. The first kappa shape index (κ1) is 18.6. The third-order valence-electron chi connectivity index (χ3n) is 5.13. The zero-order valence-electron chi connectivity index (χ0n) is 15.6. The Morgan fingerprint density at radius 3 is 2.96 bits per heavy atom. The molecule has 0 saturated carbocycles. The number of hydrogen-bond donors (Lipinski definition) is 4. The normalized spacial score (nSPS) is 16.1. The Hall–Kier alpha value is -1.80. The number of benzene rings is 2. The van der Waals surface area contributed by atoms with E-state index < -0.39 is 0 Å². The summed E-state index contributed by atoms with van der Waals surface area (Å²) < 4.78 is 1.33. The lowest BCUT2D eigenvalue weighted by molar-refractivity contribution is 0.497. The Labute approximate surface area is 173 Å². The molecule has 1 aliphatic heterocycles. The summed E-state index contributed by atoms with van der Waals surface area (Å²) in [6.45, 7) is 5.14. The van der Waals surface area contributed by atoms with Crippen molar-refractivity contribution in [2.45, 2.75) is 32.2 Å². The summed E-state index contributed by atoms with van der Waals surface area (Å²) in [5, 5.41) is 10.7. The third kappa shape index (κ3) is 4.21. The van der Waals surface area contributed by atoms with Crippen molar-refractivity contribution in [1.82, 2.24) is 15.3 Å². The first-order chi connectivity index (χ1) is 13.2. The fourth-order valence-electron chi connectivity index (χ4n) is 3.67. The van der Waals surface area contributed by atoms with E-state index in [1.54, 1.807) is 0 Å². The fraction of sp³-hybridized carbons (Fsp3) is 0.381. The van der Waals surface area contributed by atoms with Crippen molar-refractivity contribution in [2.75, 3.05) is 30.3 Å². The molecule has 0 unspecified atom stereocenters. The molecule has 0 spiro atoms. The van der Waals surface area contributed by atoms with Crippen molar-refractivity contribution in [2.24, 2.45) is 0 Å². The molecule has 4 rings (SSSR count). The minimum atomic E-state index is 0.437. The van der Waals surface area contributed by atoms with Gasteiger partial charge in [0.05, 0.1) is 16.7 Å². The lowest BCUT2D eigenvalue weighted by atomic mass is 9.95. The molecule has 27 heavy (non-hydrogen) atoms. The molecule has 1 aliphatic rings. The van der Waals surface area contributed by atoms with Crippen LogP contribution in [0.3, 0.4) is 0 Å². The maximum Gasteiger partial charge on any atom is 0.201 e. The molecule has 4 N–H and O–H groups in total. The predicted octanol–water partition coefficient (Wildman–Crippen LogP) is 4.68. The lowest BCUT2D eigenvalue weighted by Gasteiger charge is -2.29. The molecule has 1 atom stereocenters. The van der Waals surface area contributed by atoms with Crippen LogP contribution in [0.4, 0.5) is 11.6 Å². The smallest absolute Gasteiger partial charge is 0.201 e. The van der Waals surface area contributed by atoms with Crippen molar-refractivity contribution in [3.05, 3.63) is 51.1 Å². The second kappa shape index (κ2) is 8.48. The summed E-state index contributed by atoms with van der Waals surface area (Å²) in [5.41, 5.74) is 6.24. The van der Waals surface area contributed by atoms with Crippen LogP contribution in [0.25, 0.3) is 11.0 Å². The Morgan fingerprint density at radius 2 is 2.11 bits per heavy atom. The summed E-state index contributed by atoms with van der Waals surface area (Å²) in [6, 6.07) is 13.2. The van der Waals surface area contributed by atoms with E-state index in [9.17, 15) is 0 Å². The second-order valence-electron chi connectivity index (χ2n) is 7.00. The van der Waals surface area contributed by atoms with E-state index >= 15 is 0 Å². The van der Waals surface area contributed by atoms with Crippen molar-refractivity contribution in [3.63, 3.8) is 0 Å². The maximum absolute atomic E-state index is 4.56. The standard InChI is InChI=1S/C21H26IN5/c1-2-14-12-15-17(8-11-24-20(15)16(22)13-14)23-9-5-10-25-21-26-18-6-3-4-7-19(18)27-21/h3-4,6-7,12-13,17,23-24H,2,5,8-11H2,1H3,(H2,25,26,27)/t17-/m1/s1. The van der Waals surface area contributed by atoms with Crippen molar-refractivity contribution in [3.8, 4) is 0 Å². The lowest BCUT2D eigenvalue weighted by Crippen LogP contribution is -2.30. The quantitative estimate of drug-likeness (QED) is 0.296. The van der Waals surface area contributed by atoms with Crippen molar-refractivity contribution < 1.29 is 0 Å². The first-order valence-electron chi connectivity index (χ1n) is 9.73. The molecular formula is C21H26IN5. The molecule has 0 saturated heterocycles. The van der Waals surface area contributed by atoms with Gasteiger partial charge in [-0.15, -0.1) is 0 Å². The predicted molar refractivity (Wildman–Crippen MR) is 122 cm³/mol. The number of nitrogens with zero attached hydrogens (tertiary/aromatic N) is 1. The van der Waals surface area contributed by atoms with Crippen molar-refractivity contribution in [1.29, 1.82) is 0 Å². The van der Waals surface area contributed by atoms with Gasteiger partial charge in [0, 0.05) is 22.7 Å². The summed E-state index contributed by atoms with van der Waals surface area (Å²) in [5.74, 6) is 0.852. The van der Waals surface area contributed by atoms with E-state index in [2.05, 4.69) is 73.6 Å². The first-order valence-corrected chi connectivity index (χ1v) is 10.8. The molecule has 0 radical (unpaired) electrons. The monoisotopic (exact) mass is 475 g/mol. The summed E-state index contributed by atoms with van der Waals surface area (Å²) >= 11 is 2.45. The molecular weight excluding hydrogens is 449 g/mol. The Morgan fingerprint density at radius 1 is 1.22 bits per heavy atom. The van der Waals surface area contributed by atoms with Gasteiger partial charge in [-0.3, -0.25) is 0 Å². The van der Waals surface area contributed by atoms with Gasteiger partial charge in [0.1, 0.15) is 0 Å². The highest BCUT2D eigenvalue weighted by Crippen LogP contribution is 2.34. The Balaban J connectivity index is 1.30. The molecule has 0 bridgehead atoms. The van der Waals surface area contributed by atoms with E-state index in [1.165, 1.54) is 20.4 Å². The van der Waals surface area contributed by atoms with Gasteiger partial charge in [-0.05, 0) is 77.7 Å². The summed E-state index contributed by atoms with van der Waals surface area (Å²) in [4.78, 5) is 7.88. The number of halogens is 1. The number of aryl methyl sites for hydroxylation is 1. The van der Waals surface area contributed by atoms with Crippen LogP contribution in [0.1, 0.15) is 36.9 Å².